The highest BCUT2D eigenvalue weighted by molar-refractivity contribution is 5.40. The molecule has 0 radical (unpaired) electrons. The van der Waals surface area contributed by atoms with Gasteiger partial charge < -0.3 is 15.0 Å². The molecular weight excluding hydrogens is 204 g/mol. The topological polar surface area (TPSA) is 50.3 Å². The maximum Gasteiger partial charge on any atom is 0.132 e. The Morgan fingerprint density at radius 1 is 1.56 bits per heavy atom. The van der Waals surface area contributed by atoms with Crippen LogP contribution in [0.5, 0.6) is 0 Å². The molecule has 5 nitrogen and oxygen atoms in total. The second-order valence-corrected chi connectivity index (χ2v) is 4.05. The summed E-state index contributed by atoms with van der Waals surface area (Å²) >= 11 is 0. The number of nitrogens with zero attached hydrogens (tertiary/aromatic N) is 3. The van der Waals surface area contributed by atoms with Crippen molar-refractivity contribution in [1.82, 2.24) is 15.3 Å². The van der Waals surface area contributed by atoms with Gasteiger partial charge in [0.15, 0.2) is 0 Å². The van der Waals surface area contributed by atoms with Crippen LogP contribution in [0.15, 0.2) is 12.4 Å². The molecule has 5 heteroatoms. The minimum Gasteiger partial charge on any atom is -0.378 e. The summed E-state index contributed by atoms with van der Waals surface area (Å²) in [4.78, 5) is 10.8. The molecule has 1 aromatic heterocycles. The monoisotopic (exact) mass is 222 g/mol. The lowest BCUT2D eigenvalue weighted by molar-refractivity contribution is 0.181. The van der Waals surface area contributed by atoms with E-state index in [0.717, 1.165) is 31.1 Å². The van der Waals surface area contributed by atoms with Gasteiger partial charge >= 0.3 is 0 Å². The fourth-order valence-electron chi connectivity index (χ4n) is 1.95. The molecule has 0 bridgehead atoms. The van der Waals surface area contributed by atoms with Crippen molar-refractivity contribution in [3.8, 4) is 0 Å². The highest BCUT2D eigenvalue weighted by Gasteiger charge is 2.19. The molecule has 0 saturated carbocycles. The maximum atomic E-state index is 5.08. The van der Waals surface area contributed by atoms with Gasteiger partial charge in [-0.3, -0.25) is 0 Å². The largest absolute Gasteiger partial charge is 0.378 e. The van der Waals surface area contributed by atoms with Gasteiger partial charge in [-0.25, -0.2) is 9.97 Å². The molecular formula is C11H18N4O. The minimum absolute atomic E-state index is 0.471. The molecule has 1 atom stereocenters. The van der Waals surface area contributed by atoms with Crippen molar-refractivity contribution in [3.63, 3.8) is 0 Å². The van der Waals surface area contributed by atoms with E-state index in [0.29, 0.717) is 12.6 Å². The first-order chi connectivity index (χ1) is 7.81. The van der Waals surface area contributed by atoms with Gasteiger partial charge in [0.1, 0.15) is 12.1 Å². The Labute approximate surface area is 95.8 Å². The summed E-state index contributed by atoms with van der Waals surface area (Å²) in [5.74, 6) is 0.996. The van der Waals surface area contributed by atoms with Crippen LogP contribution in [0, 0.1) is 0 Å². The fraction of sp³-hybridized carbons (Fsp3) is 0.636. The van der Waals surface area contributed by atoms with E-state index in [2.05, 4.69) is 27.1 Å². The predicted molar refractivity (Wildman–Crippen MR) is 62.4 cm³/mol. The molecule has 1 aliphatic heterocycles. The molecule has 88 valence electrons. The van der Waals surface area contributed by atoms with Crippen molar-refractivity contribution in [2.75, 3.05) is 31.6 Å². The van der Waals surface area contributed by atoms with E-state index in [9.17, 15) is 0 Å². The van der Waals surface area contributed by atoms with Crippen LogP contribution in [0.1, 0.15) is 12.6 Å². The van der Waals surface area contributed by atoms with Gasteiger partial charge in [0, 0.05) is 38.9 Å². The Hall–Kier alpha value is -1.20. The molecule has 16 heavy (non-hydrogen) atoms. The highest BCUT2D eigenvalue weighted by atomic mass is 16.5. The van der Waals surface area contributed by atoms with Crippen molar-refractivity contribution in [3.05, 3.63) is 18.1 Å². The van der Waals surface area contributed by atoms with Gasteiger partial charge in [-0.05, 0) is 6.92 Å². The lowest BCUT2D eigenvalue weighted by Crippen LogP contribution is -2.50. The molecule has 2 rings (SSSR count). The van der Waals surface area contributed by atoms with Gasteiger partial charge in [0.2, 0.25) is 0 Å². The number of aromatic nitrogens is 2. The van der Waals surface area contributed by atoms with Crippen LogP contribution in [0.25, 0.3) is 0 Å². The Balaban J connectivity index is 2.15. The van der Waals surface area contributed by atoms with E-state index >= 15 is 0 Å². The predicted octanol–water partition coefficient (Wildman–Crippen LogP) is 0.421. The first-order valence-corrected chi connectivity index (χ1v) is 5.58. The van der Waals surface area contributed by atoms with Crippen LogP contribution in [0.3, 0.4) is 0 Å². The summed E-state index contributed by atoms with van der Waals surface area (Å²) in [5, 5.41) is 3.36. The maximum absolute atomic E-state index is 5.08. The van der Waals surface area contributed by atoms with E-state index in [1.807, 2.05) is 6.07 Å². The third kappa shape index (κ3) is 2.48. The SMILES string of the molecule is COCc1cc(N2CCNC[C@@H]2C)ncn1. The van der Waals surface area contributed by atoms with E-state index in [1.54, 1.807) is 13.4 Å². The Kier molecular flexibility index (Phi) is 3.69. The average Bonchev–Trinajstić information content (AvgIpc) is 2.30. The lowest BCUT2D eigenvalue weighted by Gasteiger charge is -2.34. The summed E-state index contributed by atoms with van der Waals surface area (Å²) in [6.45, 7) is 5.74. The Bertz CT molecular complexity index is 345. The molecule has 1 fully saturated rings. The standard InChI is InChI=1S/C11H18N4O/c1-9-6-12-3-4-15(9)11-5-10(7-16-2)13-8-14-11/h5,8-9,12H,3-4,6-7H2,1-2H3/t9-/m0/s1. The minimum atomic E-state index is 0.471. The molecule has 2 heterocycles. The van der Waals surface area contributed by atoms with Crippen molar-refractivity contribution < 1.29 is 4.74 Å². The summed E-state index contributed by atoms with van der Waals surface area (Å²) < 4.78 is 5.08. The zero-order chi connectivity index (χ0) is 11.4. The van der Waals surface area contributed by atoms with Crippen molar-refractivity contribution in [2.24, 2.45) is 0 Å². The van der Waals surface area contributed by atoms with Gasteiger partial charge in [-0.1, -0.05) is 0 Å². The number of hydrogen-bond donors (Lipinski definition) is 1. The molecule has 1 aliphatic rings. The highest BCUT2D eigenvalue weighted by Crippen LogP contribution is 2.15. The lowest BCUT2D eigenvalue weighted by atomic mass is 10.2. The summed E-state index contributed by atoms with van der Waals surface area (Å²) in [6.07, 6.45) is 1.61. The third-order valence-corrected chi connectivity index (χ3v) is 2.80. The van der Waals surface area contributed by atoms with E-state index in [1.165, 1.54) is 0 Å². The van der Waals surface area contributed by atoms with Crippen LogP contribution in [-0.4, -0.2) is 42.8 Å². The quantitative estimate of drug-likeness (QED) is 0.803. The molecule has 0 amide bonds. The molecule has 0 aromatic carbocycles. The van der Waals surface area contributed by atoms with Crippen molar-refractivity contribution in [1.29, 1.82) is 0 Å². The van der Waals surface area contributed by atoms with Crippen LogP contribution in [0.4, 0.5) is 5.82 Å². The van der Waals surface area contributed by atoms with E-state index < -0.39 is 0 Å². The van der Waals surface area contributed by atoms with Gasteiger partial charge in [-0.2, -0.15) is 0 Å². The zero-order valence-electron chi connectivity index (χ0n) is 9.81. The van der Waals surface area contributed by atoms with Crippen molar-refractivity contribution >= 4 is 5.82 Å². The number of ether oxygens (including phenoxy) is 1. The number of piperazine rings is 1. The smallest absolute Gasteiger partial charge is 0.132 e. The van der Waals surface area contributed by atoms with E-state index in [4.69, 9.17) is 4.74 Å². The second kappa shape index (κ2) is 5.23. The first-order valence-electron chi connectivity index (χ1n) is 5.58. The average molecular weight is 222 g/mol. The van der Waals surface area contributed by atoms with Crippen LogP contribution in [-0.2, 0) is 11.3 Å². The number of rotatable bonds is 3. The summed E-state index contributed by atoms with van der Waals surface area (Å²) in [6, 6.07) is 2.48. The zero-order valence-corrected chi connectivity index (χ0v) is 9.81. The van der Waals surface area contributed by atoms with Gasteiger partial charge in [0.25, 0.3) is 0 Å². The number of nitrogens with one attached hydrogen (secondary N) is 1. The number of methoxy groups -OCH3 is 1. The fourth-order valence-corrected chi connectivity index (χ4v) is 1.95. The van der Waals surface area contributed by atoms with E-state index in [-0.39, 0.29) is 0 Å². The van der Waals surface area contributed by atoms with Crippen LogP contribution < -0.4 is 10.2 Å². The molecule has 0 unspecified atom stereocenters. The molecule has 0 aliphatic carbocycles. The third-order valence-electron chi connectivity index (χ3n) is 2.80. The normalized spacial score (nSPS) is 21.1. The summed E-state index contributed by atoms with van der Waals surface area (Å²) in [7, 11) is 1.68. The molecule has 1 aromatic rings. The van der Waals surface area contributed by atoms with Gasteiger partial charge in [-0.15, -0.1) is 0 Å². The van der Waals surface area contributed by atoms with Crippen LogP contribution in [0.2, 0.25) is 0 Å². The first kappa shape index (κ1) is 11.3. The number of anilines is 1. The summed E-state index contributed by atoms with van der Waals surface area (Å²) in [5.41, 5.74) is 0.929. The van der Waals surface area contributed by atoms with Gasteiger partial charge in [0.05, 0.1) is 12.3 Å². The van der Waals surface area contributed by atoms with Crippen LogP contribution >= 0.6 is 0 Å². The second-order valence-electron chi connectivity index (χ2n) is 4.05. The Morgan fingerprint density at radius 3 is 3.19 bits per heavy atom. The van der Waals surface area contributed by atoms with Crippen molar-refractivity contribution in [2.45, 2.75) is 19.6 Å². The molecule has 1 N–H and O–H groups in total. The molecule has 1 saturated heterocycles. The number of hydrogen-bond acceptors (Lipinski definition) is 5. The Morgan fingerprint density at radius 2 is 2.44 bits per heavy atom. The molecule has 0 spiro atoms.